The first-order valence-electron chi connectivity index (χ1n) is 11.2. The van der Waals surface area contributed by atoms with Crippen LogP contribution in [0.2, 0.25) is 0 Å². The van der Waals surface area contributed by atoms with E-state index in [1.807, 2.05) is 24.3 Å². The monoisotopic (exact) mass is 376 g/mol. The zero-order chi connectivity index (χ0) is 19.6. The molecule has 0 bridgehead atoms. The highest BCUT2D eigenvalue weighted by Crippen LogP contribution is 2.16. The zero-order valence-corrected chi connectivity index (χ0v) is 17.4. The van der Waals surface area contributed by atoms with Gasteiger partial charge in [-0.3, -0.25) is 0 Å². The Hall–Kier alpha value is -1.51. The molecule has 0 radical (unpaired) electrons. The van der Waals surface area contributed by atoms with Gasteiger partial charge in [0.25, 0.3) is 0 Å². The van der Waals surface area contributed by atoms with E-state index in [1.54, 1.807) is 0 Å². The number of ether oxygens (including phenoxy) is 1. The van der Waals surface area contributed by atoms with E-state index < -0.39 is 5.97 Å². The molecule has 1 rings (SSSR count). The van der Waals surface area contributed by atoms with Crippen LogP contribution in [-0.4, -0.2) is 17.7 Å². The summed E-state index contributed by atoms with van der Waals surface area (Å²) in [4.78, 5) is 10.5. The summed E-state index contributed by atoms with van der Waals surface area (Å²) in [5, 5.41) is 8.60. The lowest BCUT2D eigenvalue weighted by Gasteiger charge is -2.06. The summed E-state index contributed by atoms with van der Waals surface area (Å²) in [6, 6.07) is 7.81. The highest BCUT2D eigenvalue weighted by Gasteiger charge is 2.00. The van der Waals surface area contributed by atoms with E-state index in [0.29, 0.717) is 5.75 Å². The van der Waals surface area contributed by atoms with Gasteiger partial charge in [-0.1, -0.05) is 103 Å². The number of carboxylic acids is 1. The van der Waals surface area contributed by atoms with Gasteiger partial charge >= 0.3 is 5.97 Å². The number of aliphatic carboxylic acids is 1. The quantitative estimate of drug-likeness (QED) is 0.276. The Morgan fingerprint density at radius 1 is 0.741 bits per heavy atom. The van der Waals surface area contributed by atoms with Crippen molar-refractivity contribution in [3.63, 3.8) is 0 Å². The van der Waals surface area contributed by atoms with Crippen LogP contribution >= 0.6 is 0 Å². The van der Waals surface area contributed by atoms with Gasteiger partial charge in [0.15, 0.2) is 6.61 Å². The number of carboxylic acid groups (broad SMARTS) is 1. The molecule has 0 amide bonds. The molecule has 3 nitrogen and oxygen atoms in total. The molecule has 0 heterocycles. The van der Waals surface area contributed by atoms with Crippen molar-refractivity contribution in [1.29, 1.82) is 0 Å². The zero-order valence-electron chi connectivity index (χ0n) is 17.4. The summed E-state index contributed by atoms with van der Waals surface area (Å²) in [7, 11) is 0. The minimum atomic E-state index is -0.943. The van der Waals surface area contributed by atoms with Crippen molar-refractivity contribution in [2.24, 2.45) is 0 Å². The molecule has 27 heavy (non-hydrogen) atoms. The first-order chi connectivity index (χ1) is 13.2. The Morgan fingerprint density at radius 2 is 1.19 bits per heavy atom. The van der Waals surface area contributed by atoms with Crippen molar-refractivity contribution in [2.45, 2.75) is 103 Å². The topological polar surface area (TPSA) is 46.5 Å². The Labute approximate surface area is 166 Å². The lowest BCUT2D eigenvalue weighted by molar-refractivity contribution is -0.139. The number of unbranched alkanes of at least 4 members (excludes halogenated alkanes) is 13. The fraction of sp³-hybridized carbons (Fsp3) is 0.708. The van der Waals surface area contributed by atoms with E-state index in [0.717, 1.165) is 6.42 Å². The number of benzene rings is 1. The minimum absolute atomic E-state index is 0.279. The Bertz CT molecular complexity index is 467. The summed E-state index contributed by atoms with van der Waals surface area (Å²) >= 11 is 0. The average molecular weight is 377 g/mol. The fourth-order valence-corrected chi connectivity index (χ4v) is 3.42. The van der Waals surface area contributed by atoms with Crippen LogP contribution < -0.4 is 4.74 Å². The minimum Gasteiger partial charge on any atom is -0.482 e. The van der Waals surface area contributed by atoms with Crippen LogP contribution in [0.25, 0.3) is 0 Å². The SMILES string of the molecule is CCCCCCCCCCCCCCCCc1ccc(OCC(=O)O)cc1. The second-order valence-corrected chi connectivity index (χ2v) is 7.67. The van der Waals surface area contributed by atoms with Gasteiger partial charge in [-0.05, 0) is 30.5 Å². The van der Waals surface area contributed by atoms with Crippen LogP contribution in [0.1, 0.15) is 102 Å². The second kappa shape index (κ2) is 16.6. The van der Waals surface area contributed by atoms with Gasteiger partial charge in [-0.15, -0.1) is 0 Å². The molecule has 0 aliphatic rings. The molecule has 154 valence electrons. The van der Waals surface area contributed by atoms with Gasteiger partial charge in [0.2, 0.25) is 0 Å². The molecule has 1 N–H and O–H groups in total. The summed E-state index contributed by atoms with van der Waals surface area (Å²) in [6.07, 6.45) is 20.5. The van der Waals surface area contributed by atoms with Crippen molar-refractivity contribution in [3.8, 4) is 5.75 Å². The van der Waals surface area contributed by atoms with Crippen molar-refractivity contribution in [2.75, 3.05) is 6.61 Å². The molecule has 1 aromatic rings. The van der Waals surface area contributed by atoms with Crippen LogP contribution in [0, 0.1) is 0 Å². The van der Waals surface area contributed by atoms with E-state index in [1.165, 1.54) is 95.5 Å². The van der Waals surface area contributed by atoms with Crippen molar-refractivity contribution in [1.82, 2.24) is 0 Å². The third-order valence-corrected chi connectivity index (χ3v) is 5.10. The van der Waals surface area contributed by atoms with Gasteiger partial charge in [0, 0.05) is 0 Å². The number of hydrogen-bond acceptors (Lipinski definition) is 2. The lowest BCUT2D eigenvalue weighted by Crippen LogP contribution is -2.09. The predicted octanol–water partition coefficient (Wildman–Crippen LogP) is 7.17. The molecule has 1 aromatic carbocycles. The van der Waals surface area contributed by atoms with Gasteiger partial charge < -0.3 is 9.84 Å². The summed E-state index contributed by atoms with van der Waals surface area (Å²) < 4.78 is 5.15. The normalized spacial score (nSPS) is 10.9. The van der Waals surface area contributed by atoms with Crippen molar-refractivity contribution in [3.05, 3.63) is 29.8 Å². The van der Waals surface area contributed by atoms with E-state index in [4.69, 9.17) is 9.84 Å². The van der Waals surface area contributed by atoms with E-state index >= 15 is 0 Å². The number of rotatable bonds is 18. The molecular weight excluding hydrogens is 336 g/mol. The van der Waals surface area contributed by atoms with Crippen LogP contribution in [0.3, 0.4) is 0 Å². The summed E-state index contributed by atoms with van der Waals surface area (Å²) in [6.45, 7) is 2.00. The van der Waals surface area contributed by atoms with E-state index in [-0.39, 0.29) is 6.61 Å². The van der Waals surface area contributed by atoms with Crippen molar-refractivity contribution >= 4 is 5.97 Å². The Morgan fingerprint density at radius 3 is 1.63 bits per heavy atom. The average Bonchev–Trinajstić information content (AvgIpc) is 2.67. The molecular formula is C24H40O3. The molecule has 0 atom stereocenters. The highest BCUT2D eigenvalue weighted by atomic mass is 16.5. The molecule has 0 spiro atoms. The smallest absolute Gasteiger partial charge is 0.341 e. The largest absolute Gasteiger partial charge is 0.482 e. The first-order valence-corrected chi connectivity index (χ1v) is 11.2. The van der Waals surface area contributed by atoms with Gasteiger partial charge in [-0.2, -0.15) is 0 Å². The molecule has 0 aliphatic carbocycles. The number of aryl methyl sites for hydroxylation is 1. The summed E-state index contributed by atoms with van der Waals surface area (Å²) in [5.74, 6) is -0.316. The maximum absolute atomic E-state index is 10.5. The Kier molecular flexibility index (Phi) is 14.5. The van der Waals surface area contributed by atoms with Crippen LogP contribution in [-0.2, 0) is 11.2 Å². The first kappa shape index (κ1) is 23.5. The molecule has 3 heteroatoms. The van der Waals surface area contributed by atoms with Crippen LogP contribution in [0.15, 0.2) is 24.3 Å². The number of hydrogen-bond donors (Lipinski definition) is 1. The van der Waals surface area contributed by atoms with Gasteiger partial charge in [0.05, 0.1) is 0 Å². The predicted molar refractivity (Wildman–Crippen MR) is 114 cm³/mol. The van der Waals surface area contributed by atoms with Gasteiger partial charge in [0.1, 0.15) is 5.75 Å². The standard InChI is InChI=1S/C24H40O3/c1-2-3-4-5-6-7-8-9-10-11-12-13-14-15-16-22-17-19-23(20-18-22)27-21-24(25)26/h17-20H,2-16,21H2,1H3,(H,25,26). The molecule has 0 fully saturated rings. The van der Waals surface area contributed by atoms with Gasteiger partial charge in [-0.25, -0.2) is 4.79 Å². The van der Waals surface area contributed by atoms with Crippen LogP contribution in [0.4, 0.5) is 0 Å². The molecule has 0 aromatic heterocycles. The third-order valence-electron chi connectivity index (χ3n) is 5.10. The van der Waals surface area contributed by atoms with Crippen molar-refractivity contribution < 1.29 is 14.6 Å². The van der Waals surface area contributed by atoms with Crippen LogP contribution in [0.5, 0.6) is 5.75 Å². The fourth-order valence-electron chi connectivity index (χ4n) is 3.42. The third kappa shape index (κ3) is 14.2. The number of carbonyl (C=O) groups is 1. The maximum Gasteiger partial charge on any atom is 0.341 e. The lowest BCUT2D eigenvalue weighted by atomic mass is 10.0. The molecule has 0 saturated carbocycles. The molecule has 0 saturated heterocycles. The highest BCUT2D eigenvalue weighted by molar-refractivity contribution is 5.68. The maximum atomic E-state index is 10.5. The Balaban J connectivity index is 1.88. The van der Waals surface area contributed by atoms with E-state index in [9.17, 15) is 4.79 Å². The molecule has 0 aliphatic heterocycles. The molecule has 0 unspecified atom stereocenters. The second-order valence-electron chi connectivity index (χ2n) is 7.67. The van der Waals surface area contributed by atoms with E-state index in [2.05, 4.69) is 6.92 Å². The summed E-state index contributed by atoms with van der Waals surface area (Å²) in [5.41, 5.74) is 1.30.